The zero-order chi connectivity index (χ0) is 26.5. The molecule has 0 saturated heterocycles. The van der Waals surface area contributed by atoms with E-state index in [4.69, 9.17) is 4.42 Å². The van der Waals surface area contributed by atoms with Crippen LogP contribution in [0.4, 0.5) is 17.1 Å². The van der Waals surface area contributed by atoms with E-state index in [-0.39, 0.29) is 0 Å². The van der Waals surface area contributed by atoms with Crippen LogP contribution in [0.5, 0.6) is 0 Å². The highest BCUT2D eigenvalue weighted by molar-refractivity contribution is 6.15. The summed E-state index contributed by atoms with van der Waals surface area (Å²) >= 11 is 0. The van der Waals surface area contributed by atoms with Gasteiger partial charge < -0.3 is 9.32 Å². The molecule has 2 heterocycles. The summed E-state index contributed by atoms with van der Waals surface area (Å²) in [6.07, 6.45) is 1.81. The quantitative estimate of drug-likeness (QED) is 0.220. The summed E-state index contributed by atoms with van der Waals surface area (Å²) in [7, 11) is 0. The van der Waals surface area contributed by atoms with Gasteiger partial charge in [-0.25, -0.2) is 0 Å². The molecule has 6 aromatic carbocycles. The molecule has 8 aromatic rings. The fourth-order valence-corrected chi connectivity index (χ4v) is 5.80. The third kappa shape index (κ3) is 3.63. The zero-order valence-corrected chi connectivity index (χ0v) is 21.7. The maximum absolute atomic E-state index is 6.26. The standard InChI is InChI=1S/C37H24N2O/c1-2-9-25(10-3-1)26-16-18-28(19-17-26)39(29-20-21-33-36(24-29)40-35-15-8-22-38-37(33)35)34-23-27-11-4-5-12-30(27)31-13-6-7-14-32(31)34/h1-24H. The van der Waals surface area contributed by atoms with Crippen molar-refractivity contribution in [2.45, 2.75) is 0 Å². The van der Waals surface area contributed by atoms with E-state index >= 15 is 0 Å². The molecule has 0 aliphatic carbocycles. The molecule has 0 fully saturated rings. The fraction of sp³-hybridized carbons (Fsp3) is 0. The van der Waals surface area contributed by atoms with Crippen molar-refractivity contribution in [1.82, 2.24) is 4.98 Å². The lowest BCUT2D eigenvalue weighted by Crippen LogP contribution is -2.10. The van der Waals surface area contributed by atoms with Gasteiger partial charge in [-0.05, 0) is 69.8 Å². The van der Waals surface area contributed by atoms with Crippen LogP contribution in [0.2, 0.25) is 0 Å². The van der Waals surface area contributed by atoms with Gasteiger partial charge in [-0.3, -0.25) is 4.98 Å². The van der Waals surface area contributed by atoms with Crippen LogP contribution in [0.15, 0.2) is 150 Å². The smallest absolute Gasteiger partial charge is 0.153 e. The van der Waals surface area contributed by atoms with Crippen molar-refractivity contribution < 1.29 is 4.42 Å². The number of pyridine rings is 1. The monoisotopic (exact) mass is 512 g/mol. The van der Waals surface area contributed by atoms with E-state index < -0.39 is 0 Å². The van der Waals surface area contributed by atoms with E-state index in [1.54, 1.807) is 0 Å². The second kappa shape index (κ2) is 9.11. The Labute approximate surface area is 231 Å². The predicted octanol–water partition coefficient (Wildman–Crippen LogP) is 10.4. The fourth-order valence-electron chi connectivity index (χ4n) is 5.80. The highest BCUT2D eigenvalue weighted by Crippen LogP contribution is 2.43. The molecule has 0 aliphatic heterocycles. The van der Waals surface area contributed by atoms with Crippen LogP contribution in [-0.4, -0.2) is 4.98 Å². The Kier molecular flexibility index (Phi) is 5.14. The molecular formula is C37H24N2O. The van der Waals surface area contributed by atoms with Gasteiger partial charge in [0.25, 0.3) is 0 Å². The van der Waals surface area contributed by atoms with Crippen molar-refractivity contribution in [3.05, 3.63) is 146 Å². The van der Waals surface area contributed by atoms with E-state index in [2.05, 4.69) is 131 Å². The average Bonchev–Trinajstić information content (AvgIpc) is 3.40. The molecule has 2 aromatic heterocycles. The van der Waals surface area contributed by atoms with Crippen LogP contribution in [0.25, 0.3) is 54.7 Å². The van der Waals surface area contributed by atoms with Gasteiger partial charge in [-0.1, -0.05) is 91.0 Å². The second-order valence-electron chi connectivity index (χ2n) is 10.0. The normalized spacial score (nSPS) is 11.5. The maximum atomic E-state index is 6.26. The van der Waals surface area contributed by atoms with Crippen LogP contribution >= 0.6 is 0 Å². The minimum Gasteiger partial charge on any atom is -0.454 e. The number of nitrogens with zero attached hydrogens (tertiary/aromatic N) is 2. The summed E-state index contributed by atoms with van der Waals surface area (Å²) in [6.45, 7) is 0. The molecule has 0 amide bonds. The van der Waals surface area contributed by atoms with E-state index in [1.807, 2.05) is 24.4 Å². The van der Waals surface area contributed by atoms with E-state index in [0.717, 1.165) is 39.1 Å². The molecule has 3 nitrogen and oxygen atoms in total. The number of furan rings is 1. The van der Waals surface area contributed by atoms with E-state index in [1.165, 1.54) is 32.7 Å². The van der Waals surface area contributed by atoms with Crippen LogP contribution in [0.3, 0.4) is 0 Å². The van der Waals surface area contributed by atoms with Crippen molar-refractivity contribution in [2.75, 3.05) is 4.90 Å². The van der Waals surface area contributed by atoms with Crippen molar-refractivity contribution in [3.63, 3.8) is 0 Å². The number of rotatable bonds is 4. The lowest BCUT2D eigenvalue weighted by Gasteiger charge is -2.27. The molecular weight excluding hydrogens is 488 g/mol. The van der Waals surface area contributed by atoms with Gasteiger partial charge in [0.15, 0.2) is 5.58 Å². The van der Waals surface area contributed by atoms with Crippen LogP contribution in [-0.2, 0) is 0 Å². The summed E-state index contributed by atoms with van der Waals surface area (Å²) in [5, 5.41) is 5.90. The Balaban J connectivity index is 1.38. The predicted molar refractivity (Wildman–Crippen MR) is 167 cm³/mol. The molecule has 0 saturated carbocycles. The Morgan fingerprint density at radius 3 is 2.02 bits per heavy atom. The Bertz CT molecular complexity index is 2160. The maximum Gasteiger partial charge on any atom is 0.153 e. The summed E-state index contributed by atoms with van der Waals surface area (Å²) in [6, 6.07) is 49.2. The Morgan fingerprint density at radius 2 is 1.18 bits per heavy atom. The number of hydrogen-bond donors (Lipinski definition) is 0. The lowest BCUT2D eigenvalue weighted by molar-refractivity contribution is 0.668. The van der Waals surface area contributed by atoms with Crippen LogP contribution in [0, 0.1) is 0 Å². The molecule has 0 spiro atoms. The van der Waals surface area contributed by atoms with Gasteiger partial charge in [-0.15, -0.1) is 0 Å². The molecule has 0 bridgehead atoms. The van der Waals surface area contributed by atoms with Gasteiger partial charge in [0, 0.05) is 34.4 Å². The lowest BCUT2D eigenvalue weighted by atomic mass is 9.98. The molecule has 8 rings (SSSR count). The molecule has 188 valence electrons. The molecule has 0 radical (unpaired) electrons. The SMILES string of the molecule is c1ccc(-c2ccc(N(c3ccc4c(c3)oc3cccnc34)c3cc4ccccc4c4ccccc34)cc2)cc1. The van der Waals surface area contributed by atoms with Gasteiger partial charge in [-0.2, -0.15) is 0 Å². The topological polar surface area (TPSA) is 29.3 Å². The zero-order valence-electron chi connectivity index (χ0n) is 21.7. The van der Waals surface area contributed by atoms with Gasteiger partial charge in [0.1, 0.15) is 11.1 Å². The Morgan fingerprint density at radius 1 is 0.475 bits per heavy atom. The first-order valence-electron chi connectivity index (χ1n) is 13.5. The first-order chi connectivity index (χ1) is 19.8. The third-order valence-electron chi connectivity index (χ3n) is 7.69. The molecule has 40 heavy (non-hydrogen) atoms. The molecule has 0 atom stereocenters. The Hall–Kier alpha value is -5.41. The number of fused-ring (bicyclic) bond motifs is 6. The number of hydrogen-bond acceptors (Lipinski definition) is 3. The molecule has 0 aliphatic rings. The molecule has 3 heteroatoms. The second-order valence-corrected chi connectivity index (χ2v) is 10.0. The highest BCUT2D eigenvalue weighted by Gasteiger charge is 2.19. The average molecular weight is 513 g/mol. The summed E-state index contributed by atoms with van der Waals surface area (Å²) in [5.41, 5.74) is 8.12. The minimum absolute atomic E-state index is 0.796. The van der Waals surface area contributed by atoms with Gasteiger partial charge >= 0.3 is 0 Å². The number of aromatic nitrogens is 1. The largest absolute Gasteiger partial charge is 0.454 e. The first-order valence-corrected chi connectivity index (χ1v) is 13.5. The number of benzene rings is 6. The van der Waals surface area contributed by atoms with Crippen molar-refractivity contribution >= 4 is 60.7 Å². The van der Waals surface area contributed by atoms with E-state index in [0.29, 0.717) is 0 Å². The summed E-state index contributed by atoms with van der Waals surface area (Å²) in [5.74, 6) is 0. The van der Waals surface area contributed by atoms with Crippen molar-refractivity contribution in [2.24, 2.45) is 0 Å². The van der Waals surface area contributed by atoms with Gasteiger partial charge in [0.2, 0.25) is 0 Å². The van der Waals surface area contributed by atoms with Crippen LogP contribution in [0.1, 0.15) is 0 Å². The van der Waals surface area contributed by atoms with E-state index in [9.17, 15) is 0 Å². The first kappa shape index (κ1) is 22.6. The van der Waals surface area contributed by atoms with Gasteiger partial charge in [0.05, 0.1) is 5.69 Å². The number of anilines is 3. The summed E-state index contributed by atoms with van der Waals surface area (Å²) < 4.78 is 6.26. The van der Waals surface area contributed by atoms with Crippen LogP contribution < -0.4 is 4.90 Å². The van der Waals surface area contributed by atoms with Crippen molar-refractivity contribution in [1.29, 1.82) is 0 Å². The third-order valence-corrected chi connectivity index (χ3v) is 7.69. The minimum atomic E-state index is 0.796. The highest BCUT2D eigenvalue weighted by atomic mass is 16.3. The summed E-state index contributed by atoms with van der Waals surface area (Å²) in [4.78, 5) is 6.90. The molecule has 0 N–H and O–H groups in total. The van der Waals surface area contributed by atoms with Crippen molar-refractivity contribution in [3.8, 4) is 11.1 Å². The molecule has 0 unspecified atom stereocenters.